The van der Waals surface area contributed by atoms with E-state index < -0.39 is 11.2 Å². The molecule has 0 unspecified atom stereocenters. The number of aryl methyl sites for hydroxylation is 1. The molecule has 0 aliphatic carbocycles. The summed E-state index contributed by atoms with van der Waals surface area (Å²) in [5.74, 6) is 0.313. The van der Waals surface area contributed by atoms with Gasteiger partial charge in [-0.25, -0.2) is 9.36 Å². The molecule has 0 fully saturated rings. The normalized spacial score (nSPS) is 10.6. The van der Waals surface area contributed by atoms with Crippen LogP contribution in [0.4, 0.5) is 0 Å². The Hall–Kier alpha value is -3.18. The van der Waals surface area contributed by atoms with Crippen molar-refractivity contribution in [3.63, 3.8) is 0 Å². The summed E-state index contributed by atoms with van der Waals surface area (Å²) in [6, 6.07) is 8.75. The number of nitrogens with zero attached hydrogens (tertiary/aromatic N) is 5. The molecule has 1 aromatic carbocycles. The zero-order valence-electron chi connectivity index (χ0n) is 13.1. The molecule has 0 N–H and O–H groups in total. The molecule has 0 saturated heterocycles. The minimum absolute atomic E-state index is 0.0619. The van der Waals surface area contributed by atoms with Gasteiger partial charge in [-0.15, -0.1) is 0 Å². The lowest BCUT2D eigenvalue weighted by molar-refractivity contribution is 0.365. The first-order valence-corrected chi connectivity index (χ1v) is 7.74. The third kappa shape index (κ3) is 3.09. The molecule has 0 aliphatic rings. The van der Waals surface area contributed by atoms with E-state index in [0.717, 1.165) is 4.57 Å². The number of rotatable bonds is 4. The van der Waals surface area contributed by atoms with Gasteiger partial charge in [0.2, 0.25) is 11.7 Å². The van der Waals surface area contributed by atoms with Gasteiger partial charge in [0.25, 0.3) is 5.56 Å². The largest absolute Gasteiger partial charge is 0.337 e. The predicted molar refractivity (Wildman–Crippen MR) is 89.2 cm³/mol. The quantitative estimate of drug-likeness (QED) is 0.702. The van der Waals surface area contributed by atoms with Crippen molar-refractivity contribution in [1.29, 1.82) is 5.26 Å². The van der Waals surface area contributed by atoms with E-state index in [1.54, 1.807) is 37.3 Å². The van der Waals surface area contributed by atoms with Crippen molar-refractivity contribution in [3.8, 4) is 17.5 Å². The molecule has 25 heavy (non-hydrogen) atoms. The SMILES string of the molecule is CCn1cc(C#N)c(=O)n(Cc2nc(-c3ccccc3Cl)no2)c1=O. The fraction of sp³-hybridized carbons (Fsp3) is 0.188. The lowest BCUT2D eigenvalue weighted by Gasteiger charge is -2.07. The van der Waals surface area contributed by atoms with Gasteiger partial charge in [-0.2, -0.15) is 10.2 Å². The molecule has 2 heterocycles. The zero-order chi connectivity index (χ0) is 18.0. The number of hydrogen-bond donors (Lipinski definition) is 0. The van der Waals surface area contributed by atoms with Gasteiger partial charge in [-0.3, -0.25) is 9.36 Å². The molecule has 0 radical (unpaired) electrons. The molecule has 0 bridgehead atoms. The van der Waals surface area contributed by atoms with E-state index in [-0.39, 0.29) is 23.8 Å². The van der Waals surface area contributed by atoms with Crippen molar-refractivity contribution in [1.82, 2.24) is 19.3 Å². The Bertz CT molecular complexity index is 1090. The highest BCUT2D eigenvalue weighted by atomic mass is 35.5. The maximum Gasteiger partial charge on any atom is 0.331 e. The number of aromatic nitrogens is 4. The molecular weight excluding hydrogens is 346 g/mol. The smallest absolute Gasteiger partial charge is 0.331 e. The molecule has 2 aromatic heterocycles. The van der Waals surface area contributed by atoms with E-state index in [4.69, 9.17) is 21.4 Å². The fourth-order valence-electron chi connectivity index (χ4n) is 2.30. The number of nitriles is 1. The van der Waals surface area contributed by atoms with Crippen LogP contribution in [-0.2, 0) is 13.1 Å². The molecule has 8 nitrogen and oxygen atoms in total. The Morgan fingerprint density at radius 1 is 1.32 bits per heavy atom. The Balaban J connectivity index is 2.03. The number of halogens is 1. The van der Waals surface area contributed by atoms with E-state index in [9.17, 15) is 9.59 Å². The molecule has 3 aromatic rings. The summed E-state index contributed by atoms with van der Waals surface area (Å²) in [7, 11) is 0. The van der Waals surface area contributed by atoms with Crippen LogP contribution >= 0.6 is 11.6 Å². The van der Waals surface area contributed by atoms with Crippen LogP contribution in [0.1, 0.15) is 18.4 Å². The fourth-order valence-corrected chi connectivity index (χ4v) is 2.52. The Morgan fingerprint density at radius 3 is 2.76 bits per heavy atom. The molecule has 0 aliphatic heterocycles. The Morgan fingerprint density at radius 2 is 2.08 bits per heavy atom. The topological polar surface area (TPSA) is 107 Å². The van der Waals surface area contributed by atoms with Gasteiger partial charge in [0.05, 0.1) is 5.02 Å². The van der Waals surface area contributed by atoms with Crippen LogP contribution in [0.25, 0.3) is 11.4 Å². The van der Waals surface area contributed by atoms with Gasteiger partial charge >= 0.3 is 5.69 Å². The summed E-state index contributed by atoms with van der Waals surface area (Å²) < 4.78 is 7.29. The van der Waals surface area contributed by atoms with E-state index in [1.807, 2.05) is 0 Å². The average molecular weight is 358 g/mol. The van der Waals surface area contributed by atoms with Crippen LogP contribution in [0.2, 0.25) is 5.02 Å². The van der Waals surface area contributed by atoms with Crippen LogP contribution in [0.5, 0.6) is 0 Å². The first-order valence-electron chi connectivity index (χ1n) is 7.37. The Kier molecular flexibility index (Phi) is 4.50. The summed E-state index contributed by atoms with van der Waals surface area (Å²) in [4.78, 5) is 28.7. The van der Waals surface area contributed by atoms with Crippen molar-refractivity contribution >= 4 is 11.6 Å². The summed E-state index contributed by atoms with van der Waals surface area (Å²) in [6.07, 6.45) is 1.24. The van der Waals surface area contributed by atoms with Crippen LogP contribution in [-0.4, -0.2) is 19.3 Å². The first-order chi connectivity index (χ1) is 12.0. The molecule has 3 rings (SSSR count). The van der Waals surface area contributed by atoms with Crippen molar-refractivity contribution in [2.45, 2.75) is 20.0 Å². The van der Waals surface area contributed by atoms with Gasteiger partial charge in [0, 0.05) is 18.3 Å². The minimum atomic E-state index is -0.699. The average Bonchev–Trinajstić information content (AvgIpc) is 3.08. The third-order valence-corrected chi connectivity index (χ3v) is 3.90. The predicted octanol–water partition coefficient (Wildman–Crippen LogP) is 1.65. The van der Waals surface area contributed by atoms with Gasteiger partial charge in [0.1, 0.15) is 18.2 Å². The molecule has 0 saturated carbocycles. The van der Waals surface area contributed by atoms with E-state index >= 15 is 0 Å². The molecule has 0 atom stereocenters. The number of benzene rings is 1. The van der Waals surface area contributed by atoms with Crippen LogP contribution < -0.4 is 11.2 Å². The zero-order valence-corrected chi connectivity index (χ0v) is 13.9. The molecular formula is C16H12ClN5O3. The molecule has 126 valence electrons. The molecule has 0 spiro atoms. The third-order valence-electron chi connectivity index (χ3n) is 3.57. The second-order valence-corrected chi connectivity index (χ2v) is 5.51. The summed E-state index contributed by atoms with van der Waals surface area (Å²) in [5.41, 5.74) is -0.811. The summed E-state index contributed by atoms with van der Waals surface area (Å²) in [5, 5.41) is 13.3. The lowest BCUT2D eigenvalue weighted by Crippen LogP contribution is -2.41. The highest BCUT2D eigenvalue weighted by molar-refractivity contribution is 6.33. The lowest BCUT2D eigenvalue weighted by atomic mass is 10.2. The second-order valence-electron chi connectivity index (χ2n) is 5.11. The van der Waals surface area contributed by atoms with Gasteiger partial charge < -0.3 is 4.52 Å². The highest BCUT2D eigenvalue weighted by Crippen LogP contribution is 2.24. The van der Waals surface area contributed by atoms with E-state index in [1.165, 1.54) is 10.8 Å². The summed E-state index contributed by atoms with van der Waals surface area (Å²) in [6.45, 7) is 1.83. The van der Waals surface area contributed by atoms with Gasteiger partial charge in [-0.1, -0.05) is 28.9 Å². The minimum Gasteiger partial charge on any atom is -0.337 e. The molecule has 0 amide bonds. The Labute approximate surface area is 146 Å². The van der Waals surface area contributed by atoms with Gasteiger partial charge in [0.15, 0.2) is 0 Å². The van der Waals surface area contributed by atoms with Crippen LogP contribution in [0.15, 0.2) is 44.6 Å². The van der Waals surface area contributed by atoms with Crippen LogP contribution in [0.3, 0.4) is 0 Å². The monoisotopic (exact) mass is 357 g/mol. The first kappa shape index (κ1) is 16.7. The summed E-state index contributed by atoms with van der Waals surface area (Å²) >= 11 is 6.09. The number of hydrogen-bond acceptors (Lipinski definition) is 6. The molecule has 9 heteroatoms. The van der Waals surface area contributed by atoms with Crippen molar-refractivity contribution in [2.24, 2.45) is 0 Å². The second kappa shape index (κ2) is 6.75. The maximum atomic E-state index is 12.3. The van der Waals surface area contributed by atoms with Crippen LogP contribution in [0, 0.1) is 11.3 Å². The van der Waals surface area contributed by atoms with Crippen molar-refractivity contribution in [2.75, 3.05) is 0 Å². The maximum absolute atomic E-state index is 12.3. The highest BCUT2D eigenvalue weighted by Gasteiger charge is 2.16. The van der Waals surface area contributed by atoms with E-state index in [2.05, 4.69) is 10.1 Å². The van der Waals surface area contributed by atoms with Crippen molar-refractivity contribution < 1.29 is 4.52 Å². The standard InChI is InChI=1S/C16H12ClN5O3/c1-2-21-8-10(7-18)15(23)22(16(21)24)9-13-19-14(20-25-13)11-5-3-4-6-12(11)17/h3-6,8H,2,9H2,1H3. The van der Waals surface area contributed by atoms with Gasteiger partial charge in [-0.05, 0) is 19.1 Å². The van der Waals surface area contributed by atoms with E-state index in [0.29, 0.717) is 17.1 Å². The van der Waals surface area contributed by atoms with Crippen molar-refractivity contribution in [3.05, 3.63) is 67.8 Å².